The van der Waals surface area contributed by atoms with Gasteiger partial charge in [0, 0.05) is 17.0 Å². The molecule has 0 fully saturated rings. The van der Waals surface area contributed by atoms with Crippen molar-refractivity contribution in [1.29, 1.82) is 0 Å². The Morgan fingerprint density at radius 1 is 1.06 bits per heavy atom. The van der Waals surface area contributed by atoms with Gasteiger partial charge in [0.2, 0.25) is 0 Å². The summed E-state index contributed by atoms with van der Waals surface area (Å²) < 4.78 is 2.15. The third kappa shape index (κ3) is 1.36. The van der Waals surface area contributed by atoms with Crippen molar-refractivity contribution in [3.63, 3.8) is 0 Å². The number of halogens is 1. The van der Waals surface area contributed by atoms with Crippen molar-refractivity contribution in [2.45, 2.75) is 0 Å². The molecule has 0 spiro atoms. The van der Waals surface area contributed by atoms with Crippen molar-refractivity contribution in [2.24, 2.45) is 0 Å². The SMILES string of the molecule is Cl.c1ccc2c(c1)ccc1c2nc2sccn21. The molecule has 0 unspecified atom stereocenters. The molecule has 0 N–H and O–H groups in total. The van der Waals surface area contributed by atoms with Crippen LogP contribution in [-0.4, -0.2) is 9.38 Å². The van der Waals surface area contributed by atoms with E-state index in [1.165, 1.54) is 16.3 Å². The first-order chi connectivity index (χ1) is 7.93. The van der Waals surface area contributed by atoms with Crippen LogP contribution in [0.3, 0.4) is 0 Å². The van der Waals surface area contributed by atoms with E-state index in [0.29, 0.717) is 0 Å². The molecule has 4 heteroatoms. The Morgan fingerprint density at radius 2 is 1.94 bits per heavy atom. The Morgan fingerprint density at radius 3 is 2.88 bits per heavy atom. The first-order valence-electron chi connectivity index (χ1n) is 5.16. The van der Waals surface area contributed by atoms with Crippen LogP contribution in [0.5, 0.6) is 0 Å². The maximum absolute atomic E-state index is 4.68. The Hall–Kier alpha value is -1.58. The summed E-state index contributed by atoms with van der Waals surface area (Å²) in [6, 6.07) is 12.7. The van der Waals surface area contributed by atoms with Crippen molar-refractivity contribution < 1.29 is 0 Å². The molecule has 0 radical (unpaired) electrons. The smallest absolute Gasteiger partial charge is 0.194 e. The first-order valence-corrected chi connectivity index (χ1v) is 6.04. The molecule has 0 amide bonds. The molecule has 17 heavy (non-hydrogen) atoms. The Balaban J connectivity index is 0.000000902. The molecular formula is C13H9ClN2S. The molecule has 2 nitrogen and oxygen atoms in total. The van der Waals surface area contributed by atoms with Gasteiger partial charge in [0.15, 0.2) is 4.96 Å². The van der Waals surface area contributed by atoms with Crippen LogP contribution in [0.1, 0.15) is 0 Å². The standard InChI is InChI=1S/C13H8N2S.ClH/c1-2-4-10-9(3-1)5-6-11-12(10)14-13-15(11)7-8-16-13;/h1-8H;1H. The lowest BCUT2D eigenvalue weighted by Crippen LogP contribution is -1.77. The maximum Gasteiger partial charge on any atom is 0.194 e. The summed E-state index contributed by atoms with van der Waals surface area (Å²) in [5.74, 6) is 0. The molecule has 0 aliphatic carbocycles. The van der Waals surface area contributed by atoms with Crippen LogP contribution in [-0.2, 0) is 0 Å². The van der Waals surface area contributed by atoms with E-state index in [0.717, 1.165) is 10.5 Å². The van der Waals surface area contributed by atoms with Gasteiger partial charge >= 0.3 is 0 Å². The lowest BCUT2D eigenvalue weighted by Gasteiger charge is -1.97. The van der Waals surface area contributed by atoms with Gasteiger partial charge in [-0.2, -0.15) is 0 Å². The zero-order chi connectivity index (χ0) is 10.5. The highest BCUT2D eigenvalue weighted by atomic mass is 35.5. The largest absolute Gasteiger partial charge is 0.290 e. The fraction of sp³-hybridized carbons (Fsp3) is 0. The van der Waals surface area contributed by atoms with E-state index in [-0.39, 0.29) is 12.4 Å². The number of benzene rings is 2. The van der Waals surface area contributed by atoms with Gasteiger partial charge in [-0.1, -0.05) is 30.3 Å². The average Bonchev–Trinajstić information content (AvgIpc) is 2.88. The van der Waals surface area contributed by atoms with E-state index in [4.69, 9.17) is 0 Å². The Bertz CT molecular complexity index is 810. The zero-order valence-corrected chi connectivity index (χ0v) is 10.5. The van der Waals surface area contributed by atoms with Crippen LogP contribution in [0.4, 0.5) is 0 Å². The number of thiazole rings is 1. The highest BCUT2D eigenvalue weighted by Gasteiger charge is 2.07. The van der Waals surface area contributed by atoms with Crippen molar-refractivity contribution in [1.82, 2.24) is 9.38 Å². The second-order valence-electron chi connectivity index (χ2n) is 3.82. The summed E-state index contributed by atoms with van der Waals surface area (Å²) in [5.41, 5.74) is 2.29. The molecule has 4 aromatic rings. The van der Waals surface area contributed by atoms with Crippen molar-refractivity contribution in [2.75, 3.05) is 0 Å². The molecule has 2 heterocycles. The summed E-state index contributed by atoms with van der Waals surface area (Å²) in [7, 11) is 0. The number of hydrogen-bond acceptors (Lipinski definition) is 2. The van der Waals surface area contributed by atoms with Crippen LogP contribution in [0.2, 0.25) is 0 Å². The van der Waals surface area contributed by atoms with Gasteiger partial charge in [0.25, 0.3) is 0 Å². The minimum atomic E-state index is 0. The van der Waals surface area contributed by atoms with E-state index in [1.54, 1.807) is 11.3 Å². The van der Waals surface area contributed by atoms with Crippen LogP contribution in [0.25, 0.3) is 26.8 Å². The number of hydrogen-bond donors (Lipinski definition) is 0. The molecule has 84 valence electrons. The quantitative estimate of drug-likeness (QED) is 0.465. The number of fused-ring (bicyclic) bond motifs is 5. The second-order valence-corrected chi connectivity index (χ2v) is 4.69. The molecular weight excluding hydrogens is 252 g/mol. The number of aromatic nitrogens is 2. The molecule has 0 aliphatic rings. The van der Waals surface area contributed by atoms with Gasteiger partial charge in [-0.15, -0.1) is 23.7 Å². The lowest BCUT2D eigenvalue weighted by molar-refractivity contribution is 1.28. The highest BCUT2D eigenvalue weighted by molar-refractivity contribution is 7.15. The van der Waals surface area contributed by atoms with Gasteiger partial charge < -0.3 is 0 Å². The summed E-state index contributed by atoms with van der Waals surface area (Å²) in [4.78, 5) is 5.75. The summed E-state index contributed by atoms with van der Waals surface area (Å²) >= 11 is 1.67. The predicted octanol–water partition coefficient (Wildman–Crippen LogP) is 4.12. The molecule has 0 aliphatic heterocycles. The summed E-state index contributed by atoms with van der Waals surface area (Å²) in [5, 5.41) is 4.55. The van der Waals surface area contributed by atoms with Crippen molar-refractivity contribution in [3.8, 4) is 0 Å². The zero-order valence-electron chi connectivity index (χ0n) is 8.83. The van der Waals surface area contributed by atoms with Crippen LogP contribution < -0.4 is 0 Å². The van der Waals surface area contributed by atoms with Crippen LogP contribution >= 0.6 is 23.7 Å². The maximum atomic E-state index is 4.68. The normalized spacial score (nSPS) is 11.1. The van der Waals surface area contributed by atoms with Crippen LogP contribution in [0, 0.1) is 0 Å². The monoisotopic (exact) mass is 260 g/mol. The minimum Gasteiger partial charge on any atom is -0.290 e. The third-order valence-electron chi connectivity index (χ3n) is 2.94. The second kappa shape index (κ2) is 3.72. The predicted molar refractivity (Wildman–Crippen MR) is 75.3 cm³/mol. The number of rotatable bonds is 0. The first kappa shape index (κ1) is 10.6. The van der Waals surface area contributed by atoms with E-state index < -0.39 is 0 Å². The number of imidazole rings is 1. The van der Waals surface area contributed by atoms with Gasteiger partial charge in [0.05, 0.1) is 11.0 Å². The molecule has 2 aromatic carbocycles. The Kier molecular flexibility index (Phi) is 2.31. The van der Waals surface area contributed by atoms with Gasteiger partial charge in [-0.3, -0.25) is 4.40 Å². The van der Waals surface area contributed by atoms with Crippen molar-refractivity contribution >= 4 is 50.5 Å². The highest BCUT2D eigenvalue weighted by Crippen LogP contribution is 2.27. The molecule has 4 rings (SSSR count). The summed E-state index contributed by atoms with van der Waals surface area (Å²) in [6.07, 6.45) is 2.07. The van der Waals surface area contributed by atoms with E-state index >= 15 is 0 Å². The van der Waals surface area contributed by atoms with Gasteiger partial charge in [-0.05, 0) is 11.5 Å². The fourth-order valence-corrected chi connectivity index (χ4v) is 2.91. The lowest BCUT2D eigenvalue weighted by atomic mass is 10.1. The van der Waals surface area contributed by atoms with E-state index in [2.05, 4.69) is 57.4 Å². The van der Waals surface area contributed by atoms with Gasteiger partial charge in [-0.25, -0.2) is 4.98 Å². The molecule has 2 aromatic heterocycles. The minimum absolute atomic E-state index is 0. The van der Waals surface area contributed by atoms with Crippen LogP contribution in [0.15, 0.2) is 48.0 Å². The fourth-order valence-electron chi connectivity index (χ4n) is 2.19. The van der Waals surface area contributed by atoms with E-state index in [1.807, 2.05) is 0 Å². The summed E-state index contributed by atoms with van der Waals surface area (Å²) in [6.45, 7) is 0. The third-order valence-corrected chi connectivity index (χ3v) is 3.69. The van der Waals surface area contributed by atoms with E-state index in [9.17, 15) is 0 Å². The molecule has 0 saturated carbocycles. The topological polar surface area (TPSA) is 17.3 Å². The molecule has 0 bridgehead atoms. The van der Waals surface area contributed by atoms with Crippen molar-refractivity contribution in [3.05, 3.63) is 48.0 Å². The molecule has 0 atom stereocenters. The number of nitrogens with zero attached hydrogens (tertiary/aromatic N) is 2. The molecule has 0 saturated heterocycles. The van der Waals surface area contributed by atoms with Gasteiger partial charge in [0.1, 0.15) is 0 Å². The average molecular weight is 261 g/mol. The Labute approximate surface area is 108 Å².